The Morgan fingerprint density at radius 3 is 2.44 bits per heavy atom. The Morgan fingerprint density at radius 1 is 1.08 bits per heavy atom. The Morgan fingerprint density at radius 2 is 1.76 bits per heavy atom. The smallest absolute Gasteiger partial charge is 0.280 e. The molecular formula is C19H21N5O. The van der Waals surface area contributed by atoms with E-state index in [1.54, 1.807) is 0 Å². The fraction of sp³-hybridized carbons (Fsp3) is 0.211. The average Bonchev–Trinajstić information content (AvgIpc) is 2.93. The van der Waals surface area contributed by atoms with Crippen LogP contribution in [-0.4, -0.2) is 20.9 Å². The molecule has 0 aliphatic rings. The molecule has 0 bridgehead atoms. The molecule has 0 saturated carbocycles. The summed E-state index contributed by atoms with van der Waals surface area (Å²) in [6, 6.07) is 13.9. The van der Waals surface area contributed by atoms with Crippen LogP contribution in [0.5, 0.6) is 0 Å². The maximum absolute atomic E-state index is 12.5. The van der Waals surface area contributed by atoms with Crippen LogP contribution in [-0.2, 0) is 6.54 Å². The minimum Gasteiger partial charge on any atom is -0.382 e. The number of carbonyl (C=O) groups is 1. The number of hydrogen-bond donors (Lipinski definition) is 2. The molecule has 0 spiro atoms. The van der Waals surface area contributed by atoms with Crippen molar-refractivity contribution in [1.29, 1.82) is 0 Å². The van der Waals surface area contributed by atoms with Gasteiger partial charge in [-0.15, -0.1) is 5.10 Å². The van der Waals surface area contributed by atoms with E-state index in [4.69, 9.17) is 5.73 Å². The van der Waals surface area contributed by atoms with Crippen molar-refractivity contribution in [2.24, 2.45) is 0 Å². The third kappa shape index (κ3) is 3.68. The van der Waals surface area contributed by atoms with E-state index < -0.39 is 0 Å². The Bertz CT molecular complexity index is 912. The second kappa shape index (κ2) is 6.76. The van der Waals surface area contributed by atoms with Gasteiger partial charge in [-0.25, -0.2) is 4.68 Å². The van der Waals surface area contributed by atoms with Crippen molar-refractivity contribution >= 4 is 17.4 Å². The van der Waals surface area contributed by atoms with Gasteiger partial charge in [-0.3, -0.25) is 4.79 Å². The SMILES string of the molecule is Cc1ccc(Cn2nnc(C(=O)Nc3ccc(C)cc3C)c2N)cc1. The van der Waals surface area contributed by atoms with Crippen molar-refractivity contribution in [3.8, 4) is 0 Å². The van der Waals surface area contributed by atoms with E-state index in [0.717, 1.165) is 22.4 Å². The summed E-state index contributed by atoms with van der Waals surface area (Å²) in [6.45, 7) is 6.45. The highest BCUT2D eigenvalue weighted by Gasteiger charge is 2.18. The molecule has 1 amide bonds. The van der Waals surface area contributed by atoms with Gasteiger partial charge in [-0.1, -0.05) is 52.7 Å². The van der Waals surface area contributed by atoms with Gasteiger partial charge >= 0.3 is 0 Å². The number of anilines is 2. The molecule has 3 rings (SSSR count). The second-order valence-electron chi connectivity index (χ2n) is 6.24. The zero-order valence-corrected chi connectivity index (χ0v) is 14.6. The van der Waals surface area contributed by atoms with Crippen molar-refractivity contribution in [2.75, 3.05) is 11.1 Å². The number of carbonyl (C=O) groups excluding carboxylic acids is 1. The minimum atomic E-state index is -0.361. The molecule has 1 aromatic heterocycles. The zero-order chi connectivity index (χ0) is 18.0. The molecule has 2 aromatic carbocycles. The van der Waals surface area contributed by atoms with E-state index in [-0.39, 0.29) is 17.4 Å². The van der Waals surface area contributed by atoms with Crippen molar-refractivity contribution in [2.45, 2.75) is 27.3 Å². The number of amides is 1. The van der Waals surface area contributed by atoms with Crippen molar-refractivity contribution in [3.05, 3.63) is 70.4 Å². The van der Waals surface area contributed by atoms with Gasteiger partial charge in [0.2, 0.25) is 0 Å². The van der Waals surface area contributed by atoms with E-state index in [1.807, 2.05) is 63.2 Å². The lowest BCUT2D eigenvalue weighted by molar-refractivity contribution is 0.102. The van der Waals surface area contributed by atoms with Crippen LogP contribution < -0.4 is 11.1 Å². The first-order valence-corrected chi connectivity index (χ1v) is 8.07. The van der Waals surface area contributed by atoms with Crippen LogP contribution in [0.3, 0.4) is 0 Å². The summed E-state index contributed by atoms with van der Waals surface area (Å²) in [6.07, 6.45) is 0. The monoisotopic (exact) mass is 335 g/mol. The standard InChI is InChI=1S/C19H21N5O/c1-12-4-7-15(8-5-12)11-24-18(20)17(22-23-24)19(25)21-16-9-6-13(2)10-14(16)3/h4-10H,11,20H2,1-3H3,(H,21,25). The van der Waals surface area contributed by atoms with E-state index in [9.17, 15) is 4.79 Å². The Balaban J connectivity index is 1.77. The Kier molecular flexibility index (Phi) is 4.52. The lowest BCUT2D eigenvalue weighted by atomic mass is 10.1. The molecule has 6 heteroatoms. The molecule has 0 radical (unpaired) electrons. The maximum Gasteiger partial charge on any atom is 0.280 e. The number of nitrogens with two attached hydrogens (primary N) is 1. The number of rotatable bonds is 4. The molecule has 0 aliphatic heterocycles. The first-order valence-electron chi connectivity index (χ1n) is 8.07. The topological polar surface area (TPSA) is 85.8 Å². The molecule has 0 aliphatic carbocycles. The second-order valence-corrected chi connectivity index (χ2v) is 6.24. The summed E-state index contributed by atoms with van der Waals surface area (Å²) in [4.78, 5) is 12.5. The molecule has 0 saturated heterocycles. The van der Waals surface area contributed by atoms with Crippen LogP contribution >= 0.6 is 0 Å². The predicted octanol–water partition coefficient (Wildman–Crippen LogP) is 3.09. The van der Waals surface area contributed by atoms with Gasteiger partial charge in [-0.2, -0.15) is 0 Å². The summed E-state index contributed by atoms with van der Waals surface area (Å²) in [5.74, 6) is -0.109. The molecule has 128 valence electrons. The van der Waals surface area contributed by atoms with Crippen LogP contribution in [0, 0.1) is 20.8 Å². The van der Waals surface area contributed by atoms with E-state index >= 15 is 0 Å². The predicted molar refractivity (Wildman–Crippen MR) is 98.6 cm³/mol. The first kappa shape index (κ1) is 16.7. The number of hydrogen-bond acceptors (Lipinski definition) is 4. The molecule has 1 heterocycles. The molecular weight excluding hydrogens is 314 g/mol. The van der Waals surface area contributed by atoms with Gasteiger partial charge in [0.05, 0.1) is 6.54 Å². The van der Waals surface area contributed by atoms with Crippen LogP contribution in [0.1, 0.15) is 32.7 Å². The largest absolute Gasteiger partial charge is 0.382 e. The van der Waals surface area contributed by atoms with Crippen LogP contribution in [0.2, 0.25) is 0 Å². The van der Waals surface area contributed by atoms with Crippen LogP contribution in [0.15, 0.2) is 42.5 Å². The fourth-order valence-corrected chi connectivity index (χ4v) is 2.60. The van der Waals surface area contributed by atoms with Gasteiger partial charge in [0.15, 0.2) is 11.5 Å². The number of nitrogens with zero attached hydrogens (tertiary/aromatic N) is 3. The summed E-state index contributed by atoms with van der Waals surface area (Å²) in [7, 11) is 0. The number of nitrogen functional groups attached to an aromatic ring is 1. The van der Waals surface area contributed by atoms with Gasteiger partial charge < -0.3 is 11.1 Å². The maximum atomic E-state index is 12.5. The molecule has 0 fully saturated rings. The quantitative estimate of drug-likeness (QED) is 0.767. The molecule has 0 unspecified atom stereocenters. The lowest BCUT2D eigenvalue weighted by Crippen LogP contribution is -2.16. The van der Waals surface area contributed by atoms with Gasteiger partial charge in [-0.05, 0) is 38.0 Å². The minimum absolute atomic E-state index is 0.132. The number of nitrogens with one attached hydrogen (secondary N) is 1. The van der Waals surface area contributed by atoms with E-state index in [2.05, 4.69) is 15.6 Å². The summed E-state index contributed by atoms with van der Waals surface area (Å²) < 4.78 is 1.53. The normalized spacial score (nSPS) is 10.7. The Labute approximate surface area is 146 Å². The van der Waals surface area contributed by atoms with E-state index in [1.165, 1.54) is 10.2 Å². The number of benzene rings is 2. The highest BCUT2D eigenvalue weighted by molar-refractivity contribution is 6.06. The summed E-state index contributed by atoms with van der Waals surface area (Å²) in [5.41, 5.74) is 11.3. The highest BCUT2D eigenvalue weighted by Crippen LogP contribution is 2.18. The van der Waals surface area contributed by atoms with Crippen molar-refractivity contribution in [1.82, 2.24) is 15.0 Å². The third-order valence-corrected chi connectivity index (χ3v) is 4.07. The van der Waals surface area contributed by atoms with Gasteiger partial charge in [0, 0.05) is 5.69 Å². The average molecular weight is 335 g/mol. The molecule has 3 N–H and O–H groups in total. The lowest BCUT2D eigenvalue weighted by Gasteiger charge is -2.08. The zero-order valence-electron chi connectivity index (χ0n) is 14.6. The molecule has 25 heavy (non-hydrogen) atoms. The van der Waals surface area contributed by atoms with Crippen LogP contribution in [0.4, 0.5) is 11.5 Å². The molecule has 3 aromatic rings. The Hall–Kier alpha value is -3.15. The number of aromatic nitrogens is 3. The number of aryl methyl sites for hydroxylation is 3. The third-order valence-electron chi connectivity index (χ3n) is 4.07. The van der Waals surface area contributed by atoms with Crippen molar-refractivity contribution < 1.29 is 4.79 Å². The highest BCUT2D eigenvalue weighted by atomic mass is 16.2. The van der Waals surface area contributed by atoms with Gasteiger partial charge in [0.25, 0.3) is 5.91 Å². The molecule has 0 atom stereocenters. The fourth-order valence-electron chi connectivity index (χ4n) is 2.60. The van der Waals surface area contributed by atoms with Gasteiger partial charge in [0.1, 0.15) is 0 Å². The molecule has 6 nitrogen and oxygen atoms in total. The first-order chi connectivity index (χ1) is 11.9. The summed E-state index contributed by atoms with van der Waals surface area (Å²) >= 11 is 0. The van der Waals surface area contributed by atoms with Crippen molar-refractivity contribution in [3.63, 3.8) is 0 Å². The summed E-state index contributed by atoms with van der Waals surface area (Å²) in [5, 5.41) is 10.8. The van der Waals surface area contributed by atoms with Crippen LogP contribution in [0.25, 0.3) is 0 Å². The van der Waals surface area contributed by atoms with E-state index in [0.29, 0.717) is 6.54 Å².